The fourth-order valence-corrected chi connectivity index (χ4v) is 0.818. The van der Waals surface area contributed by atoms with Gasteiger partial charge in [0.15, 0.2) is 0 Å². The van der Waals surface area contributed by atoms with Crippen molar-refractivity contribution in [3.63, 3.8) is 0 Å². The summed E-state index contributed by atoms with van der Waals surface area (Å²) in [6.45, 7) is 0.353. The number of rotatable bonds is 7. The normalized spacial score (nSPS) is 18.2. The lowest BCUT2D eigenvalue weighted by Gasteiger charge is -2.30. The van der Waals surface area contributed by atoms with Crippen LogP contribution in [0.15, 0.2) is 0 Å². The predicted octanol–water partition coefficient (Wildman–Crippen LogP) is -4.57. The Labute approximate surface area is 74.9 Å². The van der Waals surface area contributed by atoms with Crippen molar-refractivity contribution in [1.29, 1.82) is 0 Å². The molecule has 0 rings (SSSR count). The summed E-state index contributed by atoms with van der Waals surface area (Å²) in [6.07, 6.45) is -0.393. The molecule has 9 nitrogen and oxygen atoms in total. The lowest BCUT2D eigenvalue weighted by molar-refractivity contribution is -1.25. The Kier molecular flexibility index (Phi) is 6.89. The molecule has 0 aliphatic heterocycles. The van der Waals surface area contributed by atoms with Gasteiger partial charge in [-0.05, 0) is 13.0 Å². The van der Waals surface area contributed by atoms with Crippen LogP contribution in [0.2, 0.25) is 0 Å². The van der Waals surface area contributed by atoms with Gasteiger partial charge in [-0.1, -0.05) is 0 Å². The standard InChI is InChI=1S/C4H15N5O4/c5-3-1-2-4(8(10)12-6)9(11)13-7/h4,8-9H,1-3,5-7H2. The third-order valence-electron chi connectivity index (χ3n) is 1.50. The van der Waals surface area contributed by atoms with Gasteiger partial charge < -0.3 is 16.1 Å². The maximum Gasteiger partial charge on any atom is 0.275 e. The molecule has 0 aromatic carbocycles. The summed E-state index contributed by atoms with van der Waals surface area (Å²) in [5.41, 5.74) is 5.19. The van der Waals surface area contributed by atoms with E-state index in [0.717, 1.165) is 0 Å². The fourth-order valence-electron chi connectivity index (χ4n) is 0.818. The van der Waals surface area contributed by atoms with Crippen LogP contribution < -0.4 is 28.0 Å². The van der Waals surface area contributed by atoms with Crippen LogP contribution in [-0.2, 0) is 9.88 Å². The average Bonchev–Trinajstić information content (AvgIpc) is 2.17. The molecule has 8 N–H and O–H groups in total. The summed E-state index contributed by atoms with van der Waals surface area (Å²) in [6, 6.07) is 0. The molecule has 0 fully saturated rings. The second-order valence-corrected chi connectivity index (χ2v) is 2.36. The maximum atomic E-state index is 10.9. The van der Waals surface area contributed by atoms with Gasteiger partial charge in [-0.3, -0.25) is 0 Å². The highest BCUT2D eigenvalue weighted by Crippen LogP contribution is 1.84. The molecule has 0 radical (unpaired) electrons. The van der Waals surface area contributed by atoms with Crippen LogP contribution in [0.3, 0.4) is 0 Å². The number of quaternary nitrogens is 2. The number of hydrogen-bond acceptors (Lipinski definition) is 7. The SMILES string of the molecule is NCCCC([NH+]([O-])ON)[NH+]([O-])ON. The summed E-state index contributed by atoms with van der Waals surface area (Å²) >= 11 is 0. The van der Waals surface area contributed by atoms with Gasteiger partial charge in [-0.25, -0.2) is 0 Å². The van der Waals surface area contributed by atoms with Crippen molar-refractivity contribution in [1.82, 2.24) is 0 Å². The van der Waals surface area contributed by atoms with E-state index in [2.05, 4.69) is 21.7 Å². The largest absolute Gasteiger partial charge is 0.594 e. The monoisotopic (exact) mass is 197 g/mol. The topological polar surface area (TPSA) is 152 Å². The van der Waals surface area contributed by atoms with E-state index < -0.39 is 16.6 Å². The molecule has 80 valence electrons. The lowest BCUT2D eigenvalue weighted by atomic mass is 10.2. The van der Waals surface area contributed by atoms with Gasteiger partial charge in [0.25, 0.3) is 6.17 Å². The molecule has 2 atom stereocenters. The zero-order valence-electron chi connectivity index (χ0n) is 7.06. The second-order valence-electron chi connectivity index (χ2n) is 2.36. The molecule has 0 aliphatic rings. The van der Waals surface area contributed by atoms with Crippen LogP contribution in [0, 0.1) is 10.4 Å². The number of hydroxylamine groups is 4. The van der Waals surface area contributed by atoms with E-state index in [0.29, 0.717) is 13.0 Å². The predicted molar refractivity (Wildman–Crippen MR) is 41.3 cm³/mol. The van der Waals surface area contributed by atoms with Crippen molar-refractivity contribution in [3.8, 4) is 0 Å². The first kappa shape index (κ1) is 12.6. The minimum atomic E-state index is -1.08. The zero-order valence-corrected chi connectivity index (χ0v) is 7.06. The first-order chi connectivity index (χ1) is 6.17. The molecule has 0 bridgehead atoms. The number of hydrogen-bond donors (Lipinski definition) is 5. The summed E-state index contributed by atoms with van der Waals surface area (Å²) < 4.78 is 0. The fraction of sp³-hybridized carbons (Fsp3) is 1.00. The molecule has 0 aromatic rings. The van der Waals surface area contributed by atoms with E-state index in [4.69, 9.17) is 5.73 Å². The Morgan fingerprint density at radius 1 is 1.15 bits per heavy atom. The highest BCUT2D eigenvalue weighted by atomic mass is 17.0. The zero-order chi connectivity index (χ0) is 10.3. The van der Waals surface area contributed by atoms with Crippen molar-refractivity contribution in [2.24, 2.45) is 17.5 Å². The van der Waals surface area contributed by atoms with E-state index in [1.54, 1.807) is 0 Å². The van der Waals surface area contributed by atoms with E-state index >= 15 is 0 Å². The van der Waals surface area contributed by atoms with Crippen molar-refractivity contribution in [2.45, 2.75) is 19.0 Å². The van der Waals surface area contributed by atoms with E-state index in [9.17, 15) is 10.4 Å². The molecule has 9 heteroatoms. The third kappa shape index (κ3) is 4.42. The Bertz CT molecular complexity index is 117. The molecule has 0 saturated carbocycles. The van der Waals surface area contributed by atoms with Gasteiger partial charge in [0, 0.05) is 0 Å². The number of nitrogens with two attached hydrogens (primary N) is 3. The Hall–Kier alpha value is -0.360. The first-order valence-electron chi connectivity index (χ1n) is 3.68. The van der Waals surface area contributed by atoms with Crippen LogP contribution in [0.4, 0.5) is 0 Å². The third-order valence-corrected chi connectivity index (χ3v) is 1.50. The second kappa shape index (κ2) is 7.08. The van der Waals surface area contributed by atoms with Crippen LogP contribution in [0.25, 0.3) is 0 Å². The molecular weight excluding hydrogens is 182 g/mol. The summed E-state index contributed by atoms with van der Waals surface area (Å²) in [5.74, 6) is 9.22. The van der Waals surface area contributed by atoms with Crippen LogP contribution in [-0.4, -0.2) is 12.7 Å². The van der Waals surface area contributed by atoms with Gasteiger partial charge >= 0.3 is 0 Å². The molecular formula is C4H15N5O4. The maximum absolute atomic E-state index is 10.9. The average molecular weight is 197 g/mol. The van der Waals surface area contributed by atoms with E-state index in [1.807, 2.05) is 0 Å². The van der Waals surface area contributed by atoms with Crippen LogP contribution >= 0.6 is 0 Å². The molecule has 0 aliphatic carbocycles. The molecule has 0 saturated heterocycles. The summed E-state index contributed by atoms with van der Waals surface area (Å²) in [7, 11) is 0. The van der Waals surface area contributed by atoms with Gasteiger partial charge in [0.1, 0.15) is 0 Å². The van der Waals surface area contributed by atoms with E-state index in [-0.39, 0.29) is 6.42 Å². The van der Waals surface area contributed by atoms with Gasteiger partial charge in [-0.15, -0.1) is 9.88 Å². The quantitative estimate of drug-likeness (QED) is 0.203. The van der Waals surface area contributed by atoms with Crippen molar-refractivity contribution >= 4 is 0 Å². The van der Waals surface area contributed by atoms with Gasteiger partial charge in [0.2, 0.25) is 0 Å². The molecule has 2 unspecified atom stereocenters. The van der Waals surface area contributed by atoms with Gasteiger partial charge in [-0.2, -0.15) is 22.2 Å². The lowest BCUT2D eigenvalue weighted by Crippen LogP contribution is -3.32. The molecule has 0 spiro atoms. The Morgan fingerprint density at radius 2 is 1.62 bits per heavy atom. The number of nitrogens with one attached hydrogen (secondary N) is 2. The van der Waals surface area contributed by atoms with E-state index in [1.165, 1.54) is 0 Å². The minimum absolute atomic E-state index is 0.211. The van der Waals surface area contributed by atoms with Crippen molar-refractivity contribution < 1.29 is 20.3 Å². The Morgan fingerprint density at radius 3 is 1.92 bits per heavy atom. The van der Waals surface area contributed by atoms with Crippen LogP contribution in [0.1, 0.15) is 12.8 Å². The van der Waals surface area contributed by atoms with Gasteiger partial charge in [0.05, 0.1) is 6.42 Å². The Balaban J connectivity index is 4.01. The molecule has 13 heavy (non-hydrogen) atoms. The van der Waals surface area contributed by atoms with Crippen molar-refractivity contribution in [2.75, 3.05) is 6.54 Å². The van der Waals surface area contributed by atoms with Crippen LogP contribution in [0.5, 0.6) is 0 Å². The summed E-state index contributed by atoms with van der Waals surface area (Å²) in [4.78, 5) is 7.79. The summed E-state index contributed by atoms with van der Waals surface area (Å²) in [5, 5.41) is 20.0. The highest BCUT2D eigenvalue weighted by Gasteiger charge is 2.24. The smallest absolute Gasteiger partial charge is 0.275 e. The molecule has 0 heterocycles. The first-order valence-corrected chi connectivity index (χ1v) is 3.68. The minimum Gasteiger partial charge on any atom is -0.594 e. The highest BCUT2D eigenvalue weighted by molar-refractivity contribution is 4.41. The molecule has 0 aromatic heterocycles. The van der Waals surface area contributed by atoms with Crippen molar-refractivity contribution in [3.05, 3.63) is 10.4 Å². The molecule has 0 amide bonds.